The van der Waals surface area contributed by atoms with Crippen molar-refractivity contribution in [2.75, 3.05) is 6.54 Å². The van der Waals surface area contributed by atoms with Crippen LogP contribution >= 0.6 is 15.9 Å². The molecule has 0 radical (unpaired) electrons. The molecule has 14 heavy (non-hydrogen) atoms. The Morgan fingerprint density at radius 1 is 1.57 bits per heavy atom. The average molecular weight is 252 g/mol. The summed E-state index contributed by atoms with van der Waals surface area (Å²) in [5.41, 5.74) is 2.38. The Kier molecular flexibility index (Phi) is 4.19. The minimum absolute atomic E-state index is 0.0116. The van der Waals surface area contributed by atoms with E-state index >= 15 is 0 Å². The zero-order valence-corrected chi connectivity index (χ0v) is 10.1. The molecule has 1 N–H and O–H groups in total. The predicted molar refractivity (Wildman–Crippen MR) is 64.1 cm³/mol. The number of terminal acetylenes is 1. The zero-order valence-electron chi connectivity index (χ0n) is 8.47. The van der Waals surface area contributed by atoms with E-state index in [0.717, 1.165) is 11.0 Å². The summed E-state index contributed by atoms with van der Waals surface area (Å²) in [5, 5.41) is 3.26. The van der Waals surface area contributed by atoms with Crippen LogP contribution in [0.15, 0.2) is 22.7 Å². The smallest absolute Gasteiger partial charge is 0.0946 e. The van der Waals surface area contributed by atoms with Gasteiger partial charge >= 0.3 is 0 Å². The van der Waals surface area contributed by atoms with E-state index in [0.29, 0.717) is 0 Å². The molecule has 0 saturated heterocycles. The van der Waals surface area contributed by atoms with Crippen molar-refractivity contribution in [2.45, 2.75) is 19.9 Å². The highest BCUT2D eigenvalue weighted by molar-refractivity contribution is 9.10. The van der Waals surface area contributed by atoms with Gasteiger partial charge in [0, 0.05) is 4.47 Å². The Morgan fingerprint density at radius 2 is 2.29 bits per heavy atom. The van der Waals surface area contributed by atoms with Crippen molar-refractivity contribution in [3.8, 4) is 12.3 Å². The van der Waals surface area contributed by atoms with Crippen LogP contribution in [0.1, 0.15) is 24.1 Å². The second kappa shape index (κ2) is 5.19. The van der Waals surface area contributed by atoms with Crippen molar-refractivity contribution in [3.63, 3.8) is 0 Å². The van der Waals surface area contributed by atoms with Crippen LogP contribution in [0.5, 0.6) is 0 Å². The Labute approximate surface area is 94.0 Å². The fourth-order valence-electron chi connectivity index (χ4n) is 1.40. The number of hydrogen-bond donors (Lipinski definition) is 1. The molecule has 0 spiro atoms. The van der Waals surface area contributed by atoms with Gasteiger partial charge in [-0.2, -0.15) is 0 Å². The third kappa shape index (κ3) is 2.37. The normalized spacial score (nSPS) is 12.1. The summed E-state index contributed by atoms with van der Waals surface area (Å²) in [6.07, 6.45) is 5.48. The lowest BCUT2D eigenvalue weighted by molar-refractivity contribution is 0.661. The van der Waals surface area contributed by atoms with Crippen molar-refractivity contribution < 1.29 is 0 Å². The maximum atomic E-state index is 5.48. The molecule has 74 valence electrons. The third-order valence-corrected chi connectivity index (χ3v) is 3.05. The quantitative estimate of drug-likeness (QED) is 0.815. The fraction of sp³-hybridized carbons (Fsp3) is 0.333. The van der Waals surface area contributed by atoms with Crippen molar-refractivity contribution in [2.24, 2.45) is 0 Å². The van der Waals surface area contributed by atoms with E-state index in [9.17, 15) is 0 Å². The van der Waals surface area contributed by atoms with Crippen molar-refractivity contribution >= 4 is 15.9 Å². The van der Waals surface area contributed by atoms with Crippen molar-refractivity contribution in [3.05, 3.63) is 33.8 Å². The lowest BCUT2D eigenvalue weighted by atomic mass is 10.0. The molecule has 0 bridgehead atoms. The lowest BCUT2D eigenvalue weighted by Crippen LogP contribution is -2.20. The van der Waals surface area contributed by atoms with Gasteiger partial charge in [0.2, 0.25) is 0 Å². The van der Waals surface area contributed by atoms with Crippen molar-refractivity contribution in [1.82, 2.24) is 5.32 Å². The molecule has 2 heteroatoms. The molecule has 1 aromatic rings. The molecule has 0 heterocycles. The van der Waals surface area contributed by atoms with Crippen LogP contribution in [0.4, 0.5) is 0 Å². The molecule has 0 aliphatic rings. The van der Waals surface area contributed by atoms with Crippen LogP contribution in [-0.2, 0) is 0 Å². The van der Waals surface area contributed by atoms with Crippen LogP contribution in [0.3, 0.4) is 0 Å². The highest BCUT2D eigenvalue weighted by Crippen LogP contribution is 2.24. The summed E-state index contributed by atoms with van der Waals surface area (Å²) >= 11 is 3.50. The molecule has 0 aliphatic heterocycles. The number of nitrogens with one attached hydrogen (secondary N) is 1. The molecule has 1 nitrogen and oxygen atoms in total. The van der Waals surface area contributed by atoms with Gasteiger partial charge in [-0.1, -0.05) is 40.9 Å². The van der Waals surface area contributed by atoms with Crippen LogP contribution in [0, 0.1) is 19.3 Å². The molecule has 0 amide bonds. The molecule has 0 aliphatic carbocycles. The topological polar surface area (TPSA) is 12.0 Å². The van der Waals surface area contributed by atoms with Gasteiger partial charge in [-0.25, -0.2) is 0 Å². The van der Waals surface area contributed by atoms with E-state index in [-0.39, 0.29) is 6.04 Å². The summed E-state index contributed by atoms with van der Waals surface area (Å²) in [6.45, 7) is 5.00. The van der Waals surface area contributed by atoms with Crippen LogP contribution < -0.4 is 5.32 Å². The zero-order chi connectivity index (χ0) is 10.6. The number of hydrogen-bond acceptors (Lipinski definition) is 1. The summed E-state index contributed by atoms with van der Waals surface area (Å²) < 4.78 is 1.10. The Bertz CT molecular complexity index is 352. The summed E-state index contributed by atoms with van der Waals surface area (Å²) in [6, 6.07) is 6.11. The van der Waals surface area contributed by atoms with Crippen LogP contribution in [0.25, 0.3) is 0 Å². The van der Waals surface area contributed by atoms with E-state index < -0.39 is 0 Å². The SMILES string of the molecule is C#CC(NCC)c1cccc(Br)c1C. The molecule has 0 saturated carbocycles. The van der Waals surface area contributed by atoms with Gasteiger partial charge in [0.1, 0.15) is 0 Å². The first-order valence-electron chi connectivity index (χ1n) is 4.65. The molecular formula is C12H14BrN. The van der Waals surface area contributed by atoms with Crippen molar-refractivity contribution in [1.29, 1.82) is 0 Å². The van der Waals surface area contributed by atoms with Gasteiger partial charge in [0.25, 0.3) is 0 Å². The highest BCUT2D eigenvalue weighted by Gasteiger charge is 2.10. The summed E-state index contributed by atoms with van der Waals surface area (Å²) in [7, 11) is 0. The molecule has 1 rings (SSSR count). The molecule has 1 unspecified atom stereocenters. The van der Waals surface area contributed by atoms with E-state index in [1.54, 1.807) is 0 Å². The standard InChI is InChI=1S/C12H14BrN/c1-4-12(14-5-2)10-7-6-8-11(13)9(10)3/h1,6-8,12,14H,5H2,2-3H3. The second-order valence-corrected chi connectivity index (χ2v) is 3.97. The number of rotatable bonds is 3. The Morgan fingerprint density at radius 3 is 2.86 bits per heavy atom. The highest BCUT2D eigenvalue weighted by atomic mass is 79.9. The Balaban J connectivity index is 3.05. The van der Waals surface area contributed by atoms with Gasteiger partial charge in [-0.05, 0) is 30.7 Å². The van der Waals surface area contributed by atoms with Crippen LogP contribution in [0.2, 0.25) is 0 Å². The van der Waals surface area contributed by atoms with Gasteiger partial charge in [0.05, 0.1) is 6.04 Å². The minimum Gasteiger partial charge on any atom is -0.300 e. The van der Waals surface area contributed by atoms with E-state index in [1.165, 1.54) is 11.1 Å². The maximum absolute atomic E-state index is 5.48. The second-order valence-electron chi connectivity index (χ2n) is 3.11. The first-order valence-corrected chi connectivity index (χ1v) is 5.44. The van der Waals surface area contributed by atoms with E-state index in [2.05, 4.69) is 47.1 Å². The maximum Gasteiger partial charge on any atom is 0.0946 e. The van der Waals surface area contributed by atoms with Gasteiger partial charge in [0.15, 0.2) is 0 Å². The molecule has 1 atom stereocenters. The third-order valence-electron chi connectivity index (χ3n) is 2.20. The monoisotopic (exact) mass is 251 g/mol. The van der Waals surface area contributed by atoms with E-state index in [4.69, 9.17) is 6.42 Å². The van der Waals surface area contributed by atoms with Gasteiger partial charge in [-0.15, -0.1) is 6.42 Å². The number of halogens is 1. The minimum atomic E-state index is 0.0116. The molecule has 1 aromatic carbocycles. The van der Waals surface area contributed by atoms with Gasteiger partial charge in [-0.3, -0.25) is 0 Å². The lowest BCUT2D eigenvalue weighted by Gasteiger charge is -2.15. The van der Waals surface area contributed by atoms with Crippen LogP contribution in [-0.4, -0.2) is 6.54 Å². The summed E-state index contributed by atoms with van der Waals surface area (Å²) in [4.78, 5) is 0. The summed E-state index contributed by atoms with van der Waals surface area (Å²) in [5.74, 6) is 2.76. The Hall–Kier alpha value is -0.780. The van der Waals surface area contributed by atoms with E-state index in [1.807, 2.05) is 12.1 Å². The largest absolute Gasteiger partial charge is 0.300 e. The molecule has 0 aromatic heterocycles. The number of benzene rings is 1. The fourth-order valence-corrected chi connectivity index (χ4v) is 1.78. The average Bonchev–Trinajstić information content (AvgIpc) is 2.19. The predicted octanol–water partition coefficient (Wildman–Crippen LogP) is 3.04. The molecular weight excluding hydrogens is 238 g/mol. The first kappa shape index (κ1) is 11.3. The van der Waals surface area contributed by atoms with Gasteiger partial charge < -0.3 is 5.32 Å². The first-order chi connectivity index (χ1) is 6.70. The molecule has 0 fully saturated rings.